The number of aliphatic hydroxyl groups excluding tert-OH is 10. The molecule has 300 valence electrons. The molecule has 22 heteroatoms. The maximum absolute atomic E-state index is 11.6. The molecule has 0 saturated carbocycles. The van der Waals surface area contributed by atoms with E-state index in [1.807, 2.05) is 0 Å². The third-order valence-corrected chi connectivity index (χ3v) is 8.66. The van der Waals surface area contributed by atoms with Crippen molar-refractivity contribution < 1.29 is 93.7 Å². The van der Waals surface area contributed by atoms with Crippen molar-refractivity contribution in [1.29, 1.82) is 0 Å². The van der Waals surface area contributed by atoms with Crippen molar-refractivity contribution in [3.63, 3.8) is 0 Å². The van der Waals surface area contributed by atoms with Gasteiger partial charge in [0.1, 0.15) is 78.9 Å². The van der Waals surface area contributed by atoms with Gasteiger partial charge in [-0.2, -0.15) is 0 Å². The summed E-state index contributed by atoms with van der Waals surface area (Å²) < 4.78 is 48.9. The van der Waals surface area contributed by atoms with Gasteiger partial charge in [0.15, 0.2) is 24.6 Å². The highest BCUT2D eigenvalue weighted by atomic mass is 16.8. The molecule has 4 rings (SSSR count). The number of hydrogen-bond acceptors (Lipinski definition) is 22. The molecule has 11 N–H and O–H groups in total. The zero-order valence-corrected chi connectivity index (χ0v) is 28.2. The Morgan fingerprint density at radius 1 is 0.577 bits per heavy atom. The van der Waals surface area contributed by atoms with Gasteiger partial charge in [0.05, 0.1) is 59.5 Å². The Bertz CT molecular complexity index is 1280. The van der Waals surface area contributed by atoms with Crippen LogP contribution in [-0.4, -0.2) is 209 Å². The third-order valence-electron chi connectivity index (χ3n) is 8.66. The van der Waals surface area contributed by atoms with Crippen molar-refractivity contribution in [2.24, 2.45) is 0 Å². The molecular formula is C30H49NO21. The average Bonchev–Trinajstić information content (AvgIpc) is 3.14. The lowest BCUT2D eigenvalue weighted by Crippen LogP contribution is -2.66. The van der Waals surface area contributed by atoms with E-state index in [9.17, 15) is 60.7 Å². The summed E-state index contributed by atoms with van der Waals surface area (Å²) in [6.07, 6.45) is -25.3. The number of nitrogens with one attached hydrogen (secondary N) is 1. The van der Waals surface area contributed by atoms with E-state index in [0.29, 0.717) is 0 Å². The first kappa shape index (κ1) is 42.7. The highest BCUT2D eigenvalue weighted by Gasteiger charge is 2.53. The SMILES string of the molecule is CCOc1c(NCCOCCOCCO[C@@H]2O[C@H](CO)[C@@H](O[C@@H]3O[C@H](CO)[C@H](O)[C@H](O[C@H]4O[C@H](CO)[C@H](O)[C@H](O)[C@H]4O)[C@H]3O)[C@H](O)[C@H]2O)c(=O)c1=O. The summed E-state index contributed by atoms with van der Waals surface area (Å²) in [6.45, 7) is 0.212. The molecule has 22 nitrogen and oxygen atoms in total. The van der Waals surface area contributed by atoms with E-state index >= 15 is 0 Å². The van der Waals surface area contributed by atoms with E-state index in [2.05, 4.69) is 5.32 Å². The van der Waals surface area contributed by atoms with E-state index in [-0.39, 0.29) is 57.6 Å². The Labute approximate surface area is 296 Å². The molecule has 3 fully saturated rings. The smallest absolute Gasteiger partial charge is 0.272 e. The zero-order chi connectivity index (χ0) is 38.1. The average molecular weight is 760 g/mol. The van der Waals surface area contributed by atoms with Gasteiger partial charge < -0.3 is 99.0 Å². The molecule has 0 aliphatic carbocycles. The van der Waals surface area contributed by atoms with Crippen molar-refractivity contribution in [2.45, 2.75) is 99.0 Å². The minimum Gasteiger partial charge on any atom is -0.488 e. The van der Waals surface area contributed by atoms with E-state index in [0.717, 1.165) is 0 Å². The third kappa shape index (κ3) is 9.79. The van der Waals surface area contributed by atoms with E-state index in [1.54, 1.807) is 6.92 Å². The van der Waals surface area contributed by atoms with Crippen LogP contribution in [0.3, 0.4) is 0 Å². The van der Waals surface area contributed by atoms with Gasteiger partial charge in [0, 0.05) is 6.54 Å². The van der Waals surface area contributed by atoms with E-state index in [4.69, 9.17) is 42.6 Å². The fourth-order valence-corrected chi connectivity index (χ4v) is 5.78. The first-order valence-corrected chi connectivity index (χ1v) is 16.7. The van der Waals surface area contributed by atoms with Crippen LogP contribution in [-0.2, 0) is 37.9 Å². The summed E-state index contributed by atoms with van der Waals surface area (Å²) in [5.41, 5.74) is -1.20. The van der Waals surface area contributed by atoms with Gasteiger partial charge in [-0.15, -0.1) is 0 Å². The van der Waals surface area contributed by atoms with Crippen LogP contribution >= 0.6 is 0 Å². The minimum absolute atomic E-state index is 0.00836. The lowest BCUT2D eigenvalue weighted by atomic mass is 9.96. The maximum Gasteiger partial charge on any atom is 0.272 e. The second kappa shape index (κ2) is 20.0. The van der Waals surface area contributed by atoms with Gasteiger partial charge in [0.25, 0.3) is 10.9 Å². The Morgan fingerprint density at radius 3 is 1.75 bits per heavy atom. The highest BCUT2D eigenvalue weighted by molar-refractivity contribution is 5.61. The first-order chi connectivity index (χ1) is 24.9. The predicted octanol–water partition coefficient (Wildman–Crippen LogP) is -7.41. The molecule has 0 radical (unpaired) electrons. The van der Waals surface area contributed by atoms with Crippen molar-refractivity contribution in [3.8, 4) is 5.75 Å². The van der Waals surface area contributed by atoms with Gasteiger partial charge in [0.2, 0.25) is 0 Å². The summed E-state index contributed by atoms with van der Waals surface area (Å²) in [7, 11) is 0. The van der Waals surface area contributed by atoms with Crippen LogP contribution in [0.15, 0.2) is 9.59 Å². The van der Waals surface area contributed by atoms with Gasteiger partial charge >= 0.3 is 0 Å². The van der Waals surface area contributed by atoms with Crippen molar-refractivity contribution in [3.05, 3.63) is 20.4 Å². The second-order valence-corrected chi connectivity index (χ2v) is 12.1. The number of hydrogen-bond donors (Lipinski definition) is 11. The lowest BCUT2D eigenvalue weighted by Gasteiger charge is -2.48. The fourth-order valence-electron chi connectivity index (χ4n) is 5.78. The normalized spacial score (nSPS) is 38.4. The summed E-state index contributed by atoms with van der Waals surface area (Å²) in [5.74, 6) is 0.00836. The van der Waals surface area contributed by atoms with Crippen molar-refractivity contribution >= 4 is 5.69 Å². The summed E-state index contributed by atoms with van der Waals surface area (Å²) in [5, 5.41) is 106. The van der Waals surface area contributed by atoms with Crippen LogP contribution in [0.4, 0.5) is 5.69 Å². The zero-order valence-electron chi connectivity index (χ0n) is 28.2. The quantitative estimate of drug-likeness (QED) is 0.0434. The Hall–Kier alpha value is -2.04. The predicted molar refractivity (Wildman–Crippen MR) is 168 cm³/mol. The van der Waals surface area contributed by atoms with Gasteiger partial charge in [-0.25, -0.2) is 0 Å². The first-order valence-electron chi connectivity index (χ1n) is 16.7. The standard InChI is InChI=1S/C30H49NO21/c1-2-46-26-15(18(37)20(26)39)31-3-4-44-5-6-45-7-8-47-28-23(42)21(40)25(14(11-34)50-28)51-30-24(43)27(17(36)13(10-33)49-30)52-29-22(41)19(38)16(35)12(9-32)48-29/h12-14,16-17,19,21-25,27-36,38,40-43H,2-11H2,1H3/t12-,13-,14-,16+,17+,19+,21-,22-,23-,24-,25-,27+,28-,29-,30+/m1/s1. The monoisotopic (exact) mass is 759 g/mol. The second-order valence-electron chi connectivity index (χ2n) is 12.1. The summed E-state index contributed by atoms with van der Waals surface area (Å²) in [4.78, 5) is 23.1. The number of rotatable bonds is 20. The molecule has 0 amide bonds. The Morgan fingerprint density at radius 2 is 1.12 bits per heavy atom. The molecule has 0 unspecified atom stereocenters. The highest BCUT2D eigenvalue weighted by Crippen LogP contribution is 2.32. The Balaban J connectivity index is 1.22. The number of anilines is 1. The molecule has 1 aromatic rings. The molecular weight excluding hydrogens is 710 g/mol. The van der Waals surface area contributed by atoms with E-state index < -0.39 is 123 Å². The molecule has 0 aromatic heterocycles. The molecule has 3 heterocycles. The van der Waals surface area contributed by atoms with E-state index in [1.165, 1.54) is 0 Å². The van der Waals surface area contributed by atoms with Crippen LogP contribution in [0.25, 0.3) is 0 Å². The van der Waals surface area contributed by atoms with Crippen LogP contribution < -0.4 is 20.9 Å². The van der Waals surface area contributed by atoms with Crippen molar-refractivity contribution in [2.75, 3.05) is 71.3 Å². The molecule has 0 spiro atoms. The maximum atomic E-state index is 11.6. The molecule has 1 aromatic carbocycles. The number of aliphatic hydroxyl groups is 10. The molecule has 0 bridgehead atoms. The van der Waals surface area contributed by atoms with Crippen LogP contribution in [0.1, 0.15) is 6.92 Å². The van der Waals surface area contributed by atoms with Gasteiger partial charge in [-0.05, 0) is 6.92 Å². The van der Waals surface area contributed by atoms with Crippen LogP contribution in [0.5, 0.6) is 5.75 Å². The molecule has 3 saturated heterocycles. The van der Waals surface area contributed by atoms with Crippen molar-refractivity contribution in [1.82, 2.24) is 0 Å². The molecule has 3 aliphatic rings. The minimum atomic E-state index is -1.94. The molecule has 52 heavy (non-hydrogen) atoms. The topological polar surface area (TPSA) is 332 Å². The lowest BCUT2D eigenvalue weighted by molar-refractivity contribution is -0.380. The number of ether oxygens (including phenoxy) is 9. The van der Waals surface area contributed by atoms with Gasteiger partial charge in [-0.1, -0.05) is 0 Å². The summed E-state index contributed by atoms with van der Waals surface area (Å²) >= 11 is 0. The summed E-state index contributed by atoms with van der Waals surface area (Å²) in [6, 6.07) is 0. The van der Waals surface area contributed by atoms with Crippen LogP contribution in [0.2, 0.25) is 0 Å². The largest absolute Gasteiger partial charge is 0.488 e. The Kier molecular flexibility index (Phi) is 16.5. The fraction of sp³-hybridized carbons (Fsp3) is 0.867. The molecule has 3 aliphatic heterocycles. The molecule has 15 atom stereocenters. The van der Waals surface area contributed by atoms with Crippen LogP contribution in [0, 0.1) is 0 Å². The van der Waals surface area contributed by atoms with Gasteiger partial charge in [-0.3, -0.25) is 9.59 Å².